The summed E-state index contributed by atoms with van der Waals surface area (Å²) in [5.41, 5.74) is -0.127. The van der Waals surface area contributed by atoms with Crippen LogP contribution in [-0.4, -0.2) is 34.7 Å². The number of amides is 2. The van der Waals surface area contributed by atoms with Crippen LogP contribution in [0.4, 0.5) is 4.79 Å². The van der Waals surface area contributed by atoms with Gasteiger partial charge in [-0.3, -0.25) is 9.78 Å². The van der Waals surface area contributed by atoms with Gasteiger partial charge < -0.3 is 15.4 Å². The summed E-state index contributed by atoms with van der Waals surface area (Å²) in [7, 11) is 0. The fourth-order valence-corrected chi connectivity index (χ4v) is 2.55. The van der Waals surface area contributed by atoms with E-state index in [1.807, 2.05) is 39.8 Å². The van der Waals surface area contributed by atoms with Crippen molar-refractivity contribution in [1.82, 2.24) is 15.6 Å². The second-order valence-electron chi connectivity index (χ2n) is 7.65. The van der Waals surface area contributed by atoms with Gasteiger partial charge in [0.2, 0.25) is 5.91 Å². The number of pyridine rings is 1. The maximum Gasteiger partial charge on any atom is 0.407 e. The van der Waals surface area contributed by atoms with Gasteiger partial charge in [-0.15, -0.1) is 0 Å². The normalized spacial score (nSPS) is 17.0. The van der Waals surface area contributed by atoms with E-state index in [1.54, 1.807) is 18.5 Å². The van der Waals surface area contributed by atoms with Crippen LogP contribution in [0, 0.1) is 5.92 Å². The Labute approximate surface area is 149 Å². The average molecular weight is 345 g/mol. The van der Waals surface area contributed by atoms with Crippen molar-refractivity contribution < 1.29 is 14.3 Å². The number of alkyl carbamates (subject to hydrolysis) is 1. The Hall–Kier alpha value is -2.37. The standard InChI is InChI=1S/C19H27N3O3/c1-18(2,3)25-17(24)21-13-19(4,15-6-7-15)22-16(23)8-5-14-9-11-20-12-10-14/h5,8-12,15H,6-7,13H2,1-4H3,(H,21,24)(H,22,23). The molecule has 2 N–H and O–H groups in total. The van der Waals surface area contributed by atoms with E-state index >= 15 is 0 Å². The zero-order valence-electron chi connectivity index (χ0n) is 15.3. The predicted octanol–water partition coefficient (Wildman–Crippen LogP) is 2.90. The lowest BCUT2D eigenvalue weighted by molar-refractivity contribution is -0.118. The first kappa shape index (κ1) is 19.0. The minimum Gasteiger partial charge on any atom is -0.444 e. The van der Waals surface area contributed by atoms with Crippen LogP contribution in [0.3, 0.4) is 0 Å². The number of nitrogens with one attached hydrogen (secondary N) is 2. The molecule has 2 amide bonds. The summed E-state index contributed by atoms with van der Waals surface area (Å²) in [4.78, 5) is 28.1. The quantitative estimate of drug-likeness (QED) is 0.777. The van der Waals surface area contributed by atoms with E-state index in [2.05, 4.69) is 15.6 Å². The molecule has 0 bridgehead atoms. The fraction of sp³-hybridized carbons (Fsp3) is 0.526. The topological polar surface area (TPSA) is 80.3 Å². The van der Waals surface area contributed by atoms with Gasteiger partial charge in [0.1, 0.15) is 5.60 Å². The van der Waals surface area contributed by atoms with E-state index in [1.165, 1.54) is 6.08 Å². The second kappa shape index (κ2) is 7.68. The van der Waals surface area contributed by atoms with Gasteiger partial charge in [-0.1, -0.05) is 0 Å². The first-order valence-electron chi connectivity index (χ1n) is 8.55. The highest BCUT2D eigenvalue weighted by molar-refractivity contribution is 5.92. The van der Waals surface area contributed by atoms with Crippen LogP contribution in [0.2, 0.25) is 0 Å². The average Bonchev–Trinajstić information content (AvgIpc) is 3.36. The fourth-order valence-electron chi connectivity index (χ4n) is 2.55. The lowest BCUT2D eigenvalue weighted by Gasteiger charge is -2.31. The molecule has 6 heteroatoms. The van der Waals surface area contributed by atoms with Gasteiger partial charge in [-0.2, -0.15) is 0 Å². The van der Waals surface area contributed by atoms with Gasteiger partial charge in [0.05, 0.1) is 5.54 Å². The van der Waals surface area contributed by atoms with Crippen molar-refractivity contribution in [3.05, 3.63) is 36.2 Å². The summed E-state index contributed by atoms with van der Waals surface area (Å²) in [5, 5.41) is 5.80. The summed E-state index contributed by atoms with van der Waals surface area (Å²) in [5.74, 6) is 0.179. The maximum atomic E-state index is 12.3. The number of hydrogen-bond donors (Lipinski definition) is 2. The van der Waals surface area contributed by atoms with Crippen LogP contribution >= 0.6 is 0 Å². The minimum atomic E-state index is -0.545. The zero-order valence-corrected chi connectivity index (χ0v) is 15.3. The Morgan fingerprint density at radius 1 is 1.24 bits per heavy atom. The van der Waals surface area contributed by atoms with Crippen molar-refractivity contribution in [2.75, 3.05) is 6.54 Å². The van der Waals surface area contributed by atoms with Crippen molar-refractivity contribution in [2.45, 2.75) is 51.7 Å². The lowest BCUT2D eigenvalue weighted by atomic mass is 9.95. The molecule has 1 saturated carbocycles. The van der Waals surface area contributed by atoms with Crippen molar-refractivity contribution in [1.29, 1.82) is 0 Å². The van der Waals surface area contributed by atoms with Crippen LogP contribution in [0.25, 0.3) is 6.08 Å². The number of carbonyl (C=O) groups is 2. The number of ether oxygens (including phenoxy) is 1. The molecule has 1 atom stereocenters. The molecule has 0 aliphatic heterocycles. The monoisotopic (exact) mass is 345 g/mol. The van der Waals surface area contributed by atoms with Gasteiger partial charge in [0.25, 0.3) is 0 Å². The summed E-state index contributed by atoms with van der Waals surface area (Å²) in [6.45, 7) is 7.75. The van der Waals surface area contributed by atoms with Crippen LogP contribution in [-0.2, 0) is 9.53 Å². The number of carbonyl (C=O) groups excluding carboxylic acids is 2. The molecule has 1 aliphatic rings. The SMILES string of the molecule is CC(C)(C)OC(=O)NCC(C)(NC(=O)C=Cc1ccncc1)C1CC1. The molecule has 1 aromatic rings. The maximum absolute atomic E-state index is 12.3. The Bertz CT molecular complexity index is 633. The largest absolute Gasteiger partial charge is 0.444 e. The Morgan fingerprint density at radius 2 is 1.88 bits per heavy atom. The Morgan fingerprint density at radius 3 is 2.44 bits per heavy atom. The molecule has 6 nitrogen and oxygen atoms in total. The number of rotatable bonds is 6. The van der Waals surface area contributed by atoms with E-state index in [0.717, 1.165) is 18.4 Å². The van der Waals surface area contributed by atoms with Crippen molar-refractivity contribution in [2.24, 2.45) is 5.92 Å². The van der Waals surface area contributed by atoms with Crippen LogP contribution in [0.1, 0.15) is 46.1 Å². The number of nitrogens with zero attached hydrogens (tertiary/aromatic N) is 1. The predicted molar refractivity (Wildman–Crippen MR) is 96.8 cm³/mol. The third-order valence-electron chi connectivity index (χ3n) is 4.02. The van der Waals surface area contributed by atoms with E-state index in [-0.39, 0.29) is 5.91 Å². The Kier molecular flexibility index (Phi) is 5.82. The van der Waals surface area contributed by atoms with E-state index in [0.29, 0.717) is 12.5 Å². The summed E-state index contributed by atoms with van der Waals surface area (Å²) in [6, 6.07) is 3.65. The number of aromatic nitrogens is 1. The van der Waals surface area contributed by atoms with E-state index in [9.17, 15) is 9.59 Å². The lowest BCUT2D eigenvalue weighted by Crippen LogP contribution is -2.55. The van der Waals surface area contributed by atoms with Gasteiger partial charge in [-0.05, 0) is 70.2 Å². The van der Waals surface area contributed by atoms with Gasteiger partial charge in [-0.25, -0.2) is 4.79 Å². The first-order valence-corrected chi connectivity index (χ1v) is 8.55. The molecule has 0 radical (unpaired) electrons. The summed E-state index contributed by atoms with van der Waals surface area (Å²) >= 11 is 0. The molecule has 25 heavy (non-hydrogen) atoms. The smallest absolute Gasteiger partial charge is 0.407 e. The first-order chi connectivity index (χ1) is 11.7. The van der Waals surface area contributed by atoms with Gasteiger partial charge in [0, 0.05) is 25.0 Å². The molecule has 2 rings (SSSR count). The molecule has 0 saturated heterocycles. The van der Waals surface area contributed by atoms with Crippen molar-refractivity contribution in [3.63, 3.8) is 0 Å². The number of hydrogen-bond acceptors (Lipinski definition) is 4. The molecule has 0 spiro atoms. The molecule has 1 fully saturated rings. The zero-order chi connectivity index (χ0) is 18.5. The van der Waals surface area contributed by atoms with E-state index in [4.69, 9.17) is 4.74 Å². The van der Waals surface area contributed by atoms with Crippen molar-refractivity contribution in [3.8, 4) is 0 Å². The molecule has 1 aliphatic carbocycles. The third-order valence-corrected chi connectivity index (χ3v) is 4.02. The van der Waals surface area contributed by atoms with Crippen LogP contribution in [0.15, 0.2) is 30.6 Å². The molecule has 1 unspecified atom stereocenters. The van der Waals surface area contributed by atoms with Crippen LogP contribution < -0.4 is 10.6 Å². The molecule has 0 aromatic carbocycles. The Balaban J connectivity index is 1.91. The van der Waals surface area contributed by atoms with Crippen LogP contribution in [0.5, 0.6) is 0 Å². The van der Waals surface area contributed by atoms with Gasteiger partial charge >= 0.3 is 6.09 Å². The van der Waals surface area contributed by atoms with Crippen molar-refractivity contribution >= 4 is 18.1 Å². The second-order valence-corrected chi connectivity index (χ2v) is 7.65. The highest BCUT2D eigenvalue weighted by Crippen LogP contribution is 2.39. The third kappa shape index (κ3) is 6.57. The summed E-state index contributed by atoms with van der Waals surface area (Å²) in [6.07, 6.45) is 8.21. The highest BCUT2D eigenvalue weighted by Gasteiger charge is 2.42. The molecular weight excluding hydrogens is 318 g/mol. The molecule has 1 aromatic heterocycles. The molecule has 1 heterocycles. The van der Waals surface area contributed by atoms with E-state index < -0.39 is 17.2 Å². The minimum absolute atomic E-state index is 0.183. The molecule has 136 valence electrons. The van der Waals surface area contributed by atoms with Gasteiger partial charge in [0.15, 0.2) is 0 Å². The highest BCUT2D eigenvalue weighted by atomic mass is 16.6. The molecular formula is C19H27N3O3. The summed E-state index contributed by atoms with van der Waals surface area (Å²) < 4.78 is 5.26.